The first-order valence-corrected chi connectivity index (χ1v) is 8.53. The second-order valence-electron chi connectivity index (χ2n) is 7.33. The highest BCUT2D eigenvalue weighted by atomic mass is 16.1. The third-order valence-electron chi connectivity index (χ3n) is 4.88. The van der Waals surface area contributed by atoms with Gasteiger partial charge in [-0.15, -0.1) is 0 Å². The summed E-state index contributed by atoms with van der Waals surface area (Å²) < 4.78 is 0. The zero-order chi connectivity index (χ0) is 16.6. The van der Waals surface area contributed by atoms with Crippen molar-refractivity contribution in [2.24, 2.45) is 5.73 Å². The Labute approximate surface area is 138 Å². The van der Waals surface area contributed by atoms with E-state index in [0.717, 1.165) is 31.2 Å². The van der Waals surface area contributed by atoms with Gasteiger partial charge in [0.25, 0.3) is 0 Å². The fourth-order valence-electron chi connectivity index (χ4n) is 3.64. The predicted molar refractivity (Wildman–Crippen MR) is 93.6 cm³/mol. The molecule has 1 saturated heterocycles. The first kappa shape index (κ1) is 16.3. The lowest BCUT2D eigenvalue weighted by molar-refractivity contribution is 0.100. The van der Waals surface area contributed by atoms with Crippen LogP contribution in [0.5, 0.6) is 0 Å². The highest BCUT2D eigenvalue weighted by Gasteiger charge is 2.38. The van der Waals surface area contributed by atoms with Gasteiger partial charge in [0.1, 0.15) is 0 Å². The molecule has 0 spiro atoms. The lowest BCUT2D eigenvalue weighted by Crippen LogP contribution is -2.31. The van der Waals surface area contributed by atoms with Crippen molar-refractivity contribution in [3.05, 3.63) is 29.3 Å². The summed E-state index contributed by atoms with van der Waals surface area (Å²) >= 11 is 0. The van der Waals surface area contributed by atoms with Crippen LogP contribution in [0.3, 0.4) is 0 Å². The topological polar surface area (TPSA) is 61.6 Å². The fourth-order valence-corrected chi connectivity index (χ4v) is 3.64. The number of amides is 1. The Morgan fingerprint density at radius 3 is 2.74 bits per heavy atom. The zero-order valence-electron chi connectivity index (χ0n) is 14.4. The summed E-state index contributed by atoms with van der Waals surface area (Å²) in [5, 5.41) is 3.68. The van der Waals surface area contributed by atoms with Gasteiger partial charge in [0.05, 0.1) is 0 Å². The van der Waals surface area contributed by atoms with E-state index in [-0.39, 0.29) is 5.91 Å². The number of hydrogen-bond donors (Lipinski definition) is 2. The maximum Gasteiger partial charge on any atom is 0.248 e. The number of nitrogens with two attached hydrogens (primary N) is 1. The van der Waals surface area contributed by atoms with Crippen molar-refractivity contribution in [1.29, 1.82) is 0 Å². The van der Waals surface area contributed by atoms with Crippen LogP contribution in [0, 0.1) is 0 Å². The molecule has 1 aromatic carbocycles. The minimum atomic E-state index is -0.371. The molecule has 0 bridgehead atoms. The molecule has 1 heterocycles. The van der Waals surface area contributed by atoms with Crippen LogP contribution in [0.4, 0.5) is 5.69 Å². The Balaban J connectivity index is 1.76. The van der Waals surface area contributed by atoms with Gasteiger partial charge in [-0.1, -0.05) is 6.07 Å². The van der Waals surface area contributed by atoms with E-state index in [0.29, 0.717) is 17.6 Å². The van der Waals surface area contributed by atoms with Gasteiger partial charge in [0.15, 0.2) is 0 Å². The maximum absolute atomic E-state index is 11.5. The van der Waals surface area contributed by atoms with Crippen molar-refractivity contribution in [2.75, 3.05) is 26.0 Å². The van der Waals surface area contributed by atoms with E-state index in [1.165, 1.54) is 18.4 Å². The van der Waals surface area contributed by atoms with Gasteiger partial charge in [0.2, 0.25) is 5.91 Å². The molecule has 2 atom stereocenters. The molecule has 1 amide bonds. The van der Waals surface area contributed by atoms with Crippen LogP contribution in [0.15, 0.2) is 18.2 Å². The van der Waals surface area contributed by atoms with Crippen molar-refractivity contribution < 1.29 is 4.79 Å². The molecule has 3 rings (SSSR count). The van der Waals surface area contributed by atoms with Crippen molar-refractivity contribution in [3.8, 4) is 0 Å². The molecule has 2 fully saturated rings. The Morgan fingerprint density at radius 1 is 1.39 bits per heavy atom. The van der Waals surface area contributed by atoms with Crippen molar-refractivity contribution >= 4 is 11.6 Å². The van der Waals surface area contributed by atoms with E-state index in [4.69, 9.17) is 5.73 Å². The molecule has 2 aliphatic rings. The van der Waals surface area contributed by atoms with Gasteiger partial charge >= 0.3 is 0 Å². The number of benzene rings is 1. The highest BCUT2D eigenvalue weighted by molar-refractivity contribution is 5.94. The molecule has 0 aromatic heterocycles. The second kappa shape index (κ2) is 6.49. The highest BCUT2D eigenvalue weighted by Crippen LogP contribution is 2.34. The Bertz CT molecular complexity index is 582. The van der Waals surface area contributed by atoms with Crippen LogP contribution in [-0.2, 0) is 6.54 Å². The quantitative estimate of drug-likeness (QED) is 0.841. The second-order valence-corrected chi connectivity index (χ2v) is 7.33. The van der Waals surface area contributed by atoms with Crippen LogP contribution in [0.1, 0.15) is 42.1 Å². The first-order valence-electron chi connectivity index (χ1n) is 8.53. The minimum Gasteiger partial charge on any atom is -0.381 e. The summed E-state index contributed by atoms with van der Waals surface area (Å²) in [7, 11) is 4.11. The standard InChI is InChI=1S/C18H28N4O/c1-12-8-15(11-22(12)16-6-7-16)20-17-9-13(18(19)23)4-5-14(17)10-21(2)3/h4-5,9,12,15-16,20H,6-8,10-11H2,1-3H3,(H2,19,23)/t12-,15+/m0/s1. The number of nitrogens with zero attached hydrogens (tertiary/aromatic N) is 2. The molecule has 1 saturated carbocycles. The molecule has 0 unspecified atom stereocenters. The monoisotopic (exact) mass is 316 g/mol. The molecule has 5 heteroatoms. The third-order valence-corrected chi connectivity index (χ3v) is 4.88. The molecule has 5 nitrogen and oxygen atoms in total. The molecular weight excluding hydrogens is 288 g/mol. The van der Waals surface area contributed by atoms with Crippen molar-refractivity contribution in [3.63, 3.8) is 0 Å². The summed E-state index contributed by atoms with van der Waals surface area (Å²) in [5.41, 5.74) is 8.27. The van der Waals surface area contributed by atoms with E-state index in [9.17, 15) is 4.79 Å². The molecular formula is C18H28N4O. The summed E-state index contributed by atoms with van der Waals surface area (Å²) in [6.07, 6.45) is 3.85. The lowest BCUT2D eigenvalue weighted by Gasteiger charge is -2.21. The van der Waals surface area contributed by atoms with Gasteiger partial charge in [-0.2, -0.15) is 0 Å². The Kier molecular flexibility index (Phi) is 4.60. The largest absolute Gasteiger partial charge is 0.381 e. The number of primary amides is 1. The number of rotatable bonds is 6. The number of carbonyl (C=O) groups is 1. The molecule has 1 aliphatic carbocycles. The SMILES string of the molecule is C[C@H]1C[C@@H](Nc2cc(C(N)=O)ccc2CN(C)C)CN1C1CC1. The molecule has 1 aromatic rings. The van der Waals surface area contributed by atoms with Gasteiger partial charge in [-0.25, -0.2) is 0 Å². The number of carbonyl (C=O) groups excluding carboxylic acids is 1. The van der Waals surface area contributed by atoms with Crippen LogP contribution >= 0.6 is 0 Å². The smallest absolute Gasteiger partial charge is 0.248 e. The minimum absolute atomic E-state index is 0.371. The van der Waals surface area contributed by atoms with Gasteiger partial charge in [0, 0.05) is 42.5 Å². The average Bonchev–Trinajstić information content (AvgIpc) is 3.24. The van der Waals surface area contributed by atoms with Gasteiger partial charge < -0.3 is 16.0 Å². The number of hydrogen-bond acceptors (Lipinski definition) is 4. The van der Waals surface area contributed by atoms with E-state index >= 15 is 0 Å². The zero-order valence-corrected chi connectivity index (χ0v) is 14.4. The first-order chi connectivity index (χ1) is 10.9. The van der Waals surface area contributed by atoms with Crippen LogP contribution in [-0.4, -0.2) is 54.5 Å². The maximum atomic E-state index is 11.5. The Hall–Kier alpha value is -1.59. The van der Waals surface area contributed by atoms with Crippen molar-refractivity contribution in [2.45, 2.75) is 50.9 Å². The van der Waals surface area contributed by atoms with E-state index < -0.39 is 0 Å². The summed E-state index contributed by atoms with van der Waals surface area (Å²) in [6, 6.07) is 7.62. The number of nitrogens with one attached hydrogen (secondary N) is 1. The van der Waals surface area contributed by atoms with Gasteiger partial charge in [-0.3, -0.25) is 9.69 Å². The van der Waals surface area contributed by atoms with Gasteiger partial charge in [-0.05, 0) is 58.0 Å². The van der Waals surface area contributed by atoms with Crippen LogP contribution < -0.4 is 11.1 Å². The number of likely N-dealkylation sites (tertiary alicyclic amines) is 1. The molecule has 23 heavy (non-hydrogen) atoms. The fraction of sp³-hybridized carbons (Fsp3) is 0.611. The van der Waals surface area contributed by atoms with E-state index in [1.807, 2.05) is 18.2 Å². The normalized spacial score (nSPS) is 25.0. The molecule has 1 aliphatic heterocycles. The molecule has 0 radical (unpaired) electrons. The van der Waals surface area contributed by atoms with E-state index in [1.54, 1.807) is 0 Å². The predicted octanol–water partition coefficient (Wildman–Crippen LogP) is 1.88. The number of anilines is 1. The molecule has 126 valence electrons. The third kappa shape index (κ3) is 3.85. The van der Waals surface area contributed by atoms with E-state index in [2.05, 4.69) is 36.1 Å². The summed E-state index contributed by atoms with van der Waals surface area (Å²) in [5.74, 6) is -0.371. The average molecular weight is 316 g/mol. The van der Waals surface area contributed by atoms with Crippen LogP contribution in [0.25, 0.3) is 0 Å². The molecule has 3 N–H and O–H groups in total. The van der Waals surface area contributed by atoms with Crippen LogP contribution in [0.2, 0.25) is 0 Å². The lowest BCUT2D eigenvalue weighted by atomic mass is 10.1. The summed E-state index contributed by atoms with van der Waals surface area (Å²) in [6.45, 7) is 4.25. The van der Waals surface area contributed by atoms with Crippen molar-refractivity contribution in [1.82, 2.24) is 9.80 Å². The Morgan fingerprint density at radius 2 is 2.13 bits per heavy atom. The summed E-state index contributed by atoms with van der Waals surface area (Å²) in [4.78, 5) is 16.3.